The van der Waals surface area contributed by atoms with E-state index in [2.05, 4.69) is 10.2 Å². The van der Waals surface area contributed by atoms with Crippen LogP contribution in [0.2, 0.25) is 10.0 Å². The van der Waals surface area contributed by atoms with E-state index in [-0.39, 0.29) is 32.8 Å². The normalized spacial score (nSPS) is 17.8. The van der Waals surface area contributed by atoms with Crippen molar-refractivity contribution in [2.75, 3.05) is 0 Å². The number of hydrogen-bond acceptors (Lipinski definition) is 5. The molecule has 1 aromatic heterocycles. The molecule has 0 spiro atoms. The first-order chi connectivity index (χ1) is 13.3. The lowest BCUT2D eigenvalue weighted by molar-refractivity contribution is 0.00578. The zero-order chi connectivity index (χ0) is 21.7. The highest BCUT2D eigenvalue weighted by atomic mass is 35.5. The second-order valence-electron chi connectivity index (χ2n) is 8.47. The molecule has 1 aromatic carbocycles. The molecule has 0 saturated carbocycles. The SMILES string of the molecule is CC(C)c1cc(C(=O)c2c(Cl)cc(B3OC(C)(C)C(C)(C)O3)cc2Cl)n[nH]c1=O. The Balaban J connectivity index is 1.98. The van der Waals surface area contributed by atoms with E-state index in [1.165, 1.54) is 6.07 Å². The Hall–Kier alpha value is -1.67. The van der Waals surface area contributed by atoms with E-state index in [1.54, 1.807) is 12.1 Å². The van der Waals surface area contributed by atoms with Crippen LogP contribution in [0.15, 0.2) is 23.0 Å². The van der Waals surface area contributed by atoms with Crippen LogP contribution in [0.5, 0.6) is 0 Å². The van der Waals surface area contributed by atoms with E-state index in [0.29, 0.717) is 11.0 Å². The zero-order valence-corrected chi connectivity index (χ0v) is 18.7. The molecule has 6 nitrogen and oxygen atoms in total. The van der Waals surface area contributed by atoms with Gasteiger partial charge in [-0.2, -0.15) is 5.10 Å². The minimum atomic E-state index is -0.655. The molecule has 29 heavy (non-hydrogen) atoms. The molecule has 2 heterocycles. The number of benzene rings is 1. The van der Waals surface area contributed by atoms with Crippen LogP contribution >= 0.6 is 23.2 Å². The predicted molar refractivity (Wildman–Crippen MR) is 115 cm³/mol. The molecule has 0 bridgehead atoms. The number of nitrogens with zero attached hydrogens (tertiary/aromatic N) is 1. The fraction of sp³-hybridized carbons (Fsp3) is 0.450. The van der Waals surface area contributed by atoms with E-state index in [4.69, 9.17) is 32.5 Å². The van der Waals surface area contributed by atoms with Crippen LogP contribution in [0.25, 0.3) is 0 Å². The number of rotatable bonds is 4. The van der Waals surface area contributed by atoms with Gasteiger partial charge in [0.15, 0.2) is 0 Å². The molecule has 3 rings (SSSR count). The third-order valence-electron chi connectivity index (χ3n) is 5.50. The lowest BCUT2D eigenvalue weighted by Gasteiger charge is -2.32. The first kappa shape index (κ1) is 22.0. The summed E-state index contributed by atoms with van der Waals surface area (Å²) in [4.78, 5) is 24.9. The summed E-state index contributed by atoms with van der Waals surface area (Å²) in [6.45, 7) is 11.5. The molecule has 0 unspecified atom stereocenters. The number of aromatic amines is 1. The standard InChI is InChI=1S/C20H23BCl2N2O4/c1-10(2)12-9-15(24-25-18(12)27)17(26)16-13(22)7-11(8-14(16)23)21-28-19(3,4)20(5,6)29-21/h7-10H,1-6H3,(H,25,27). The number of ketones is 1. The molecule has 1 aliphatic heterocycles. The average molecular weight is 437 g/mol. The van der Waals surface area contributed by atoms with Crippen molar-refractivity contribution < 1.29 is 14.1 Å². The molecular weight excluding hydrogens is 414 g/mol. The molecule has 0 amide bonds. The van der Waals surface area contributed by atoms with Gasteiger partial charge in [-0.25, -0.2) is 5.10 Å². The number of carbonyl (C=O) groups is 1. The number of H-pyrrole nitrogens is 1. The lowest BCUT2D eigenvalue weighted by Crippen LogP contribution is -2.41. The number of carbonyl (C=O) groups excluding carboxylic acids is 1. The van der Waals surface area contributed by atoms with Crippen molar-refractivity contribution in [3.63, 3.8) is 0 Å². The van der Waals surface area contributed by atoms with Crippen molar-refractivity contribution in [2.45, 2.75) is 58.7 Å². The van der Waals surface area contributed by atoms with Gasteiger partial charge < -0.3 is 9.31 Å². The Bertz CT molecular complexity index is 994. The van der Waals surface area contributed by atoms with Gasteiger partial charge in [-0.15, -0.1) is 0 Å². The van der Waals surface area contributed by atoms with E-state index in [1.807, 2.05) is 41.5 Å². The first-order valence-electron chi connectivity index (χ1n) is 9.33. The van der Waals surface area contributed by atoms with E-state index >= 15 is 0 Å². The number of hydrogen-bond donors (Lipinski definition) is 1. The number of halogens is 2. The molecule has 154 valence electrons. The molecule has 1 N–H and O–H groups in total. The fourth-order valence-corrected chi connectivity index (χ4v) is 3.69. The smallest absolute Gasteiger partial charge is 0.399 e. The molecule has 1 aliphatic rings. The average Bonchev–Trinajstić information content (AvgIpc) is 2.82. The fourth-order valence-electron chi connectivity index (χ4n) is 3.02. The number of nitrogens with one attached hydrogen (secondary N) is 1. The van der Waals surface area contributed by atoms with Gasteiger partial charge in [0.2, 0.25) is 5.78 Å². The zero-order valence-electron chi connectivity index (χ0n) is 17.2. The van der Waals surface area contributed by atoms with Gasteiger partial charge in [-0.05, 0) is 57.3 Å². The summed E-state index contributed by atoms with van der Waals surface area (Å²) in [5, 5.41) is 6.54. The second kappa shape index (κ2) is 7.54. The topological polar surface area (TPSA) is 81.3 Å². The van der Waals surface area contributed by atoms with Crippen molar-refractivity contribution in [1.82, 2.24) is 10.2 Å². The van der Waals surface area contributed by atoms with Crippen molar-refractivity contribution in [2.24, 2.45) is 0 Å². The van der Waals surface area contributed by atoms with Crippen LogP contribution in [0.1, 0.15) is 69.1 Å². The Morgan fingerprint density at radius 2 is 1.59 bits per heavy atom. The van der Waals surface area contributed by atoms with Crippen LogP contribution < -0.4 is 11.0 Å². The molecular formula is C20H23BCl2N2O4. The maximum Gasteiger partial charge on any atom is 0.494 e. The highest BCUT2D eigenvalue weighted by Crippen LogP contribution is 2.37. The maximum atomic E-state index is 13.0. The largest absolute Gasteiger partial charge is 0.494 e. The van der Waals surface area contributed by atoms with E-state index in [9.17, 15) is 9.59 Å². The Morgan fingerprint density at radius 3 is 2.07 bits per heavy atom. The van der Waals surface area contributed by atoms with Crippen molar-refractivity contribution >= 4 is 41.6 Å². The summed E-state index contributed by atoms with van der Waals surface area (Å²) < 4.78 is 12.0. The van der Waals surface area contributed by atoms with Gasteiger partial charge >= 0.3 is 7.12 Å². The molecule has 2 aromatic rings. The van der Waals surface area contributed by atoms with Gasteiger partial charge in [0.1, 0.15) is 5.69 Å². The summed E-state index contributed by atoms with van der Waals surface area (Å²) in [6, 6.07) is 4.69. The summed E-state index contributed by atoms with van der Waals surface area (Å²) >= 11 is 12.8. The van der Waals surface area contributed by atoms with Crippen LogP contribution in [0, 0.1) is 0 Å². The van der Waals surface area contributed by atoms with Gasteiger partial charge in [0.05, 0.1) is 26.8 Å². The van der Waals surface area contributed by atoms with Gasteiger partial charge in [-0.3, -0.25) is 9.59 Å². The van der Waals surface area contributed by atoms with E-state index < -0.39 is 24.1 Å². The molecule has 0 aliphatic carbocycles. The van der Waals surface area contributed by atoms with Crippen molar-refractivity contribution in [1.29, 1.82) is 0 Å². The highest BCUT2D eigenvalue weighted by molar-refractivity contribution is 6.63. The quantitative estimate of drug-likeness (QED) is 0.583. The summed E-state index contributed by atoms with van der Waals surface area (Å²) in [5.74, 6) is -0.538. The monoisotopic (exact) mass is 436 g/mol. The lowest BCUT2D eigenvalue weighted by atomic mass is 9.78. The third kappa shape index (κ3) is 4.01. The molecule has 1 saturated heterocycles. The summed E-state index contributed by atoms with van der Waals surface area (Å²) in [6.07, 6.45) is 0. The Morgan fingerprint density at radius 1 is 1.07 bits per heavy atom. The van der Waals surface area contributed by atoms with Crippen molar-refractivity contribution in [3.8, 4) is 0 Å². The highest BCUT2D eigenvalue weighted by Gasteiger charge is 2.51. The second-order valence-corrected chi connectivity index (χ2v) is 9.28. The Kier molecular flexibility index (Phi) is 5.73. The minimum absolute atomic E-state index is 0.0648. The van der Waals surface area contributed by atoms with Gasteiger partial charge in [0.25, 0.3) is 5.56 Å². The molecule has 1 fully saturated rings. The van der Waals surface area contributed by atoms with E-state index in [0.717, 1.165) is 0 Å². The van der Waals surface area contributed by atoms with Crippen LogP contribution in [0.4, 0.5) is 0 Å². The first-order valence-corrected chi connectivity index (χ1v) is 10.1. The number of aromatic nitrogens is 2. The van der Waals surface area contributed by atoms with Gasteiger partial charge in [-0.1, -0.05) is 37.0 Å². The van der Waals surface area contributed by atoms with Crippen LogP contribution in [-0.4, -0.2) is 34.3 Å². The van der Waals surface area contributed by atoms with Crippen LogP contribution in [0.3, 0.4) is 0 Å². The molecule has 9 heteroatoms. The minimum Gasteiger partial charge on any atom is -0.399 e. The third-order valence-corrected chi connectivity index (χ3v) is 6.10. The van der Waals surface area contributed by atoms with Gasteiger partial charge in [0, 0.05) is 5.56 Å². The molecule has 0 radical (unpaired) electrons. The summed E-state index contributed by atoms with van der Waals surface area (Å²) in [5.41, 5.74) is -0.0961. The van der Waals surface area contributed by atoms with Crippen LogP contribution in [-0.2, 0) is 9.31 Å². The predicted octanol–water partition coefficient (Wildman–Crippen LogP) is 3.73. The van der Waals surface area contributed by atoms with Crippen molar-refractivity contribution in [3.05, 3.63) is 55.4 Å². The maximum absolute atomic E-state index is 13.0. The molecule has 0 atom stereocenters. The Labute approximate surface area is 180 Å². The summed E-state index contributed by atoms with van der Waals surface area (Å²) in [7, 11) is -0.655.